The molecule has 0 spiro atoms. The number of fused-ring (bicyclic) bond motifs is 1. The molecule has 28 heavy (non-hydrogen) atoms. The highest BCUT2D eigenvalue weighted by molar-refractivity contribution is 6.06. The van der Waals surface area contributed by atoms with Gasteiger partial charge in [0.2, 0.25) is 0 Å². The zero-order chi connectivity index (χ0) is 20.3. The zero-order valence-electron chi connectivity index (χ0n) is 14.4. The maximum Gasteiger partial charge on any atom is 0.573 e. The molecule has 0 aliphatic heterocycles. The summed E-state index contributed by atoms with van der Waals surface area (Å²) in [6.45, 7) is 0.139. The molecule has 0 unspecified atom stereocenters. The maximum absolute atomic E-state index is 12.3. The molecule has 5 N–H and O–H groups in total. The van der Waals surface area contributed by atoms with Gasteiger partial charge in [-0.25, -0.2) is 9.97 Å². The van der Waals surface area contributed by atoms with Gasteiger partial charge in [0.15, 0.2) is 0 Å². The summed E-state index contributed by atoms with van der Waals surface area (Å²) in [6, 6.07) is 9.84. The first kappa shape index (κ1) is 19.4. The van der Waals surface area contributed by atoms with Gasteiger partial charge in [-0.1, -0.05) is 18.2 Å². The number of ether oxygens (including phenoxy) is 1. The Kier molecular flexibility index (Phi) is 5.32. The van der Waals surface area contributed by atoms with Crippen molar-refractivity contribution in [3.63, 3.8) is 0 Å². The number of hydrogen-bond donors (Lipinski definition) is 3. The molecule has 0 aliphatic rings. The first-order valence-corrected chi connectivity index (χ1v) is 8.14. The lowest BCUT2D eigenvalue weighted by atomic mass is 10.1. The number of nitrogens with one attached hydrogen (secondary N) is 1. The van der Waals surface area contributed by atoms with Gasteiger partial charge in [0.25, 0.3) is 5.91 Å². The van der Waals surface area contributed by atoms with Crippen LogP contribution in [-0.4, -0.2) is 28.8 Å². The fourth-order valence-corrected chi connectivity index (χ4v) is 2.75. The molecular formula is C18H16F3N5O2. The van der Waals surface area contributed by atoms with Crippen LogP contribution in [0.4, 0.5) is 19.0 Å². The van der Waals surface area contributed by atoms with E-state index < -0.39 is 18.3 Å². The van der Waals surface area contributed by atoms with Crippen molar-refractivity contribution in [3.05, 3.63) is 59.9 Å². The Bertz CT molecular complexity index is 993. The fourth-order valence-electron chi connectivity index (χ4n) is 2.75. The van der Waals surface area contributed by atoms with Gasteiger partial charge >= 0.3 is 6.36 Å². The van der Waals surface area contributed by atoms with E-state index in [4.69, 9.17) is 11.5 Å². The van der Waals surface area contributed by atoms with E-state index in [1.807, 2.05) is 0 Å². The molecule has 3 rings (SSSR count). The minimum atomic E-state index is -4.76. The summed E-state index contributed by atoms with van der Waals surface area (Å²) >= 11 is 0. The number of nitrogens with zero attached hydrogens (tertiary/aromatic N) is 2. The number of nitrogens with two attached hydrogens (primary N) is 2. The van der Waals surface area contributed by atoms with Crippen molar-refractivity contribution < 1.29 is 22.7 Å². The Labute approximate surface area is 157 Å². The quantitative estimate of drug-likeness (QED) is 0.595. The molecule has 3 aromatic rings. The largest absolute Gasteiger partial charge is 0.573 e. The van der Waals surface area contributed by atoms with Crippen molar-refractivity contribution >= 4 is 22.6 Å². The van der Waals surface area contributed by atoms with Crippen LogP contribution in [0, 0.1) is 0 Å². The van der Waals surface area contributed by atoms with Crippen LogP contribution in [0.5, 0.6) is 5.75 Å². The van der Waals surface area contributed by atoms with Crippen molar-refractivity contribution in [1.29, 1.82) is 0 Å². The summed E-state index contributed by atoms with van der Waals surface area (Å²) in [5.74, 6) is -0.532. The van der Waals surface area contributed by atoms with E-state index in [0.29, 0.717) is 22.3 Å². The maximum atomic E-state index is 12.3. The number of halogens is 3. The van der Waals surface area contributed by atoms with E-state index in [-0.39, 0.29) is 17.9 Å². The third-order valence-electron chi connectivity index (χ3n) is 3.99. The average Bonchev–Trinajstić information content (AvgIpc) is 2.65. The lowest BCUT2D eigenvalue weighted by Gasteiger charge is -2.19. The van der Waals surface area contributed by atoms with Gasteiger partial charge in [0.1, 0.15) is 17.9 Å². The van der Waals surface area contributed by atoms with Crippen molar-refractivity contribution in [2.45, 2.75) is 12.4 Å². The molecule has 1 atom stereocenters. The number of primary amides is 1. The molecule has 10 heteroatoms. The van der Waals surface area contributed by atoms with Gasteiger partial charge in [0, 0.05) is 11.9 Å². The Morgan fingerprint density at radius 3 is 2.46 bits per heavy atom. The number of aromatic nitrogens is 2. The van der Waals surface area contributed by atoms with Gasteiger partial charge in [-0.15, -0.1) is 13.2 Å². The van der Waals surface area contributed by atoms with Gasteiger partial charge in [0.05, 0.1) is 17.1 Å². The second-order valence-electron chi connectivity index (χ2n) is 5.84. The lowest BCUT2D eigenvalue weighted by Crippen LogP contribution is -2.22. The van der Waals surface area contributed by atoms with Crippen LogP contribution in [0.2, 0.25) is 0 Å². The minimum absolute atomic E-state index is 0.139. The lowest BCUT2D eigenvalue weighted by molar-refractivity contribution is -0.274. The second kappa shape index (κ2) is 7.69. The number of carbonyl (C=O) groups is 1. The van der Waals surface area contributed by atoms with Gasteiger partial charge < -0.3 is 21.5 Å². The summed E-state index contributed by atoms with van der Waals surface area (Å²) in [5.41, 5.74) is 12.5. The van der Waals surface area contributed by atoms with E-state index in [0.717, 1.165) is 0 Å². The number of para-hydroxylation sites is 1. The van der Waals surface area contributed by atoms with Crippen LogP contribution in [0.3, 0.4) is 0 Å². The number of rotatable bonds is 6. The van der Waals surface area contributed by atoms with E-state index in [1.165, 1.54) is 30.6 Å². The number of alkyl halides is 3. The average molecular weight is 391 g/mol. The molecule has 2 aromatic carbocycles. The molecule has 146 valence electrons. The normalized spacial score (nSPS) is 12.6. The highest BCUT2D eigenvalue weighted by Crippen LogP contribution is 2.28. The summed E-state index contributed by atoms with van der Waals surface area (Å²) in [5, 5.41) is 3.69. The van der Waals surface area contributed by atoms with Crippen LogP contribution in [0.15, 0.2) is 48.8 Å². The molecule has 0 bridgehead atoms. The predicted octanol–water partition coefficient (Wildman–Crippen LogP) is 2.74. The molecule has 0 saturated carbocycles. The molecular weight excluding hydrogens is 375 g/mol. The summed E-state index contributed by atoms with van der Waals surface area (Å²) < 4.78 is 40.7. The topological polar surface area (TPSA) is 116 Å². The van der Waals surface area contributed by atoms with Crippen molar-refractivity contribution in [3.8, 4) is 5.75 Å². The molecule has 0 fully saturated rings. The Balaban J connectivity index is 1.89. The third-order valence-corrected chi connectivity index (χ3v) is 3.99. The number of benzene rings is 2. The number of carbonyl (C=O) groups excluding carboxylic acids is 1. The molecule has 0 radical (unpaired) electrons. The Morgan fingerprint density at radius 2 is 1.86 bits per heavy atom. The number of amides is 1. The van der Waals surface area contributed by atoms with Crippen molar-refractivity contribution in [2.75, 3.05) is 11.9 Å². The summed E-state index contributed by atoms with van der Waals surface area (Å²) in [7, 11) is 0. The molecule has 0 aliphatic carbocycles. The SMILES string of the molecule is NC[C@@H](Nc1ncnc2c(C(N)=O)cccc12)c1ccc(OC(F)(F)F)cc1. The van der Waals surface area contributed by atoms with E-state index in [9.17, 15) is 18.0 Å². The number of anilines is 1. The highest BCUT2D eigenvalue weighted by Gasteiger charge is 2.31. The van der Waals surface area contributed by atoms with Gasteiger partial charge in [-0.3, -0.25) is 4.79 Å². The molecule has 1 heterocycles. The third kappa shape index (κ3) is 4.29. The number of hydrogen-bond acceptors (Lipinski definition) is 6. The molecule has 1 amide bonds. The van der Waals surface area contributed by atoms with Gasteiger partial charge in [-0.2, -0.15) is 0 Å². The second-order valence-corrected chi connectivity index (χ2v) is 5.84. The van der Waals surface area contributed by atoms with Crippen LogP contribution >= 0.6 is 0 Å². The fraction of sp³-hybridized carbons (Fsp3) is 0.167. The molecule has 0 saturated heterocycles. The molecule has 7 nitrogen and oxygen atoms in total. The Hall–Kier alpha value is -3.40. The summed E-state index contributed by atoms with van der Waals surface area (Å²) in [4.78, 5) is 19.9. The highest BCUT2D eigenvalue weighted by atomic mass is 19.4. The van der Waals surface area contributed by atoms with Crippen LogP contribution in [0.1, 0.15) is 22.0 Å². The van der Waals surface area contributed by atoms with Crippen LogP contribution < -0.4 is 21.5 Å². The van der Waals surface area contributed by atoms with Gasteiger partial charge in [-0.05, 0) is 29.8 Å². The van der Waals surface area contributed by atoms with Crippen molar-refractivity contribution in [1.82, 2.24) is 9.97 Å². The summed E-state index contributed by atoms with van der Waals surface area (Å²) in [6.07, 6.45) is -3.48. The van der Waals surface area contributed by atoms with Crippen LogP contribution in [-0.2, 0) is 0 Å². The van der Waals surface area contributed by atoms with E-state index in [2.05, 4.69) is 20.0 Å². The molecule has 1 aromatic heterocycles. The van der Waals surface area contributed by atoms with Crippen molar-refractivity contribution in [2.24, 2.45) is 11.5 Å². The minimum Gasteiger partial charge on any atom is -0.406 e. The van der Waals surface area contributed by atoms with E-state index in [1.54, 1.807) is 18.2 Å². The van der Waals surface area contributed by atoms with E-state index >= 15 is 0 Å². The first-order chi connectivity index (χ1) is 13.3. The Morgan fingerprint density at radius 1 is 1.14 bits per heavy atom. The smallest absolute Gasteiger partial charge is 0.406 e. The predicted molar refractivity (Wildman–Crippen MR) is 96.6 cm³/mol. The zero-order valence-corrected chi connectivity index (χ0v) is 14.4. The monoisotopic (exact) mass is 391 g/mol. The van der Waals surface area contributed by atoms with Crippen LogP contribution in [0.25, 0.3) is 10.9 Å². The standard InChI is InChI=1S/C18H16F3N5O2/c19-18(20,21)28-11-6-4-10(5-7-11)14(8-22)26-17-13-3-1-2-12(16(23)27)15(13)24-9-25-17/h1-7,9,14H,8,22H2,(H2,23,27)(H,24,25,26)/t14-/m1/s1. The first-order valence-electron chi connectivity index (χ1n) is 8.14.